The Balaban J connectivity index is 1.55. The van der Waals surface area contributed by atoms with Crippen molar-refractivity contribution in [1.29, 1.82) is 0 Å². The van der Waals surface area contributed by atoms with Gasteiger partial charge in [0.05, 0.1) is 15.7 Å². The number of nitrogens with zero attached hydrogens (tertiary/aromatic N) is 3. The minimum Gasteiger partial charge on any atom is -0.489 e. The fourth-order valence-corrected chi connectivity index (χ4v) is 4.50. The molecule has 0 aliphatic carbocycles. The molecule has 1 aromatic heterocycles. The molecule has 188 valence electrons. The van der Waals surface area contributed by atoms with Crippen molar-refractivity contribution in [3.8, 4) is 5.75 Å². The maximum atomic E-state index is 12.1. The molecule has 0 atom stereocenters. The van der Waals surface area contributed by atoms with E-state index in [1.54, 1.807) is 13.2 Å². The van der Waals surface area contributed by atoms with Crippen molar-refractivity contribution in [3.05, 3.63) is 77.6 Å². The highest BCUT2D eigenvalue weighted by Gasteiger charge is 2.21. The van der Waals surface area contributed by atoms with Crippen LogP contribution < -0.4 is 20.7 Å². The number of anilines is 3. The normalized spacial score (nSPS) is 14.8. The van der Waals surface area contributed by atoms with Crippen LogP contribution in [0.15, 0.2) is 60.8 Å². The Kier molecular flexibility index (Phi) is 8.91. The van der Waals surface area contributed by atoms with Gasteiger partial charge in [0.1, 0.15) is 18.2 Å². The van der Waals surface area contributed by atoms with Gasteiger partial charge in [-0.15, -0.1) is 0 Å². The largest absolute Gasteiger partial charge is 0.489 e. The standard InChI is InChI=1S/C27H31BrN6O2/c1-29-16-24(28)25-23(17-35)26(33-27(32-25)31-21-12-14-34(2)15-13-21)30-20-8-10-22(11-9-20)36-18-19-6-4-3-5-7-19/h3-11,16-17,21,29H,12-15,18H2,1-2H3,(H2,30,31,32,33)/b24-16+. The molecule has 0 spiro atoms. The van der Waals surface area contributed by atoms with E-state index in [1.807, 2.05) is 54.6 Å². The SMILES string of the molecule is CN/C=C(/Br)c1nc(NC2CCN(C)CC2)nc(Nc2ccc(OCc3ccccc3)cc2)c1C=O. The summed E-state index contributed by atoms with van der Waals surface area (Å²) in [6, 6.07) is 17.9. The second-order valence-corrected chi connectivity index (χ2v) is 9.56. The highest BCUT2D eigenvalue weighted by molar-refractivity contribution is 9.15. The molecular weight excluding hydrogens is 520 g/mol. The summed E-state index contributed by atoms with van der Waals surface area (Å²) in [6.45, 7) is 2.53. The maximum Gasteiger partial charge on any atom is 0.225 e. The third kappa shape index (κ3) is 6.83. The van der Waals surface area contributed by atoms with Crippen LogP contribution in [0.2, 0.25) is 0 Å². The first kappa shape index (κ1) is 25.7. The molecule has 0 radical (unpaired) electrons. The van der Waals surface area contributed by atoms with E-state index in [2.05, 4.69) is 53.8 Å². The summed E-state index contributed by atoms with van der Waals surface area (Å²) in [5.41, 5.74) is 2.77. The highest BCUT2D eigenvalue weighted by atomic mass is 79.9. The molecule has 1 aliphatic rings. The van der Waals surface area contributed by atoms with Gasteiger partial charge in [0.2, 0.25) is 5.95 Å². The third-order valence-electron chi connectivity index (χ3n) is 5.98. The van der Waals surface area contributed by atoms with Crippen LogP contribution in [-0.4, -0.2) is 54.4 Å². The summed E-state index contributed by atoms with van der Waals surface area (Å²) in [5, 5.41) is 9.73. The van der Waals surface area contributed by atoms with Crippen LogP contribution in [0, 0.1) is 0 Å². The minimum absolute atomic E-state index is 0.275. The van der Waals surface area contributed by atoms with Crippen LogP contribution in [0.3, 0.4) is 0 Å². The molecular formula is C27H31BrN6O2. The molecule has 1 fully saturated rings. The van der Waals surface area contributed by atoms with E-state index in [1.165, 1.54) is 0 Å². The number of aldehydes is 1. The smallest absolute Gasteiger partial charge is 0.225 e. The first-order chi connectivity index (χ1) is 17.6. The lowest BCUT2D eigenvalue weighted by Crippen LogP contribution is -2.37. The van der Waals surface area contributed by atoms with Crippen molar-refractivity contribution >= 4 is 44.2 Å². The number of rotatable bonds is 10. The molecule has 4 rings (SSSR count). The van der Waals surface area contributed by atoms with Crippen molar-refractivity contribution in [3.63, 3.8) is 0 Å². The predicted octanol–water partition coefficient (Wildman–Crippen LogP) is 5.03. The van der Waals surface area contributed by atoms with E-state index in [0.717, 1.165) is 49.2 Å². The molecule has 0 unspecified atom stereocenters. The Labute approximate surface area is 220 Å². The summed E-state index contributed by atoms with van der Waals surface area (Å²) in [7, 11) is 3.92. The fourth-order valence-electron chi connectivity index (χ4n) is 3.97. The Hall–Kier alpha value is -3.43. The van der Waals surface area contributed by atoms with E-state index < -0.39 is 0 Å². The van der Waals surface area contributed by atoms with Gasteiger partial charge < -0.3 is 25.6 Å². The van der Waals surface area contributed by atoms with Gasteiger partial charge in [0.15, 0.2) is 6.29 Å². The summed E-state index contributed by atoms with van der Waals surface area (Å²) in [6.07, 6.45) is 4.53. The Morgan fingerprint density at radius 1 is 1.11 bits per heavy atom. The number of halogens is 1. The molecule has 0 bridgehead atoms. The molecule has 2 aromatic carbocycles. The highest BCUT2D eigenvalue weighted by Crippen LogP contribution is 2.30. The van der Waals surface area contributed by atoms with Gasteiger partial charge in [-0.1, -0.05) is 30.3 Å². The van der Waals surface area contributed by atoms with Crippen molar-refractivity contribution < 1.29 is 9.53 Å². The Bertz CT molecular complexity index is 1180. The number of piperidine rings is 1. The topological polar surface area (TPSA) is 91.4 Å². The zero-order valence-corrected chi connectivity index (χ0v) is 22.1. The number of nitrogens with one attached hydrogen (secondary N) is 3. The minimum atomic E-state index is 0.275. The van der Waals surface area contributed by atoms with Crippen molar-refractivity contribution in [2.75, 3.05) is 37.8 Å². The zero-order chi connectivity index (χ0) is 25.3. The van der Waals surface area contributed by atoms with Crippen molar-refractivity contribution in [2.45, 2.75) is 25.5 Å². The molecule has 36 heavy (non-hydrogen) atoms. The number of likely N-dealkylation sites (tertiary alicyclic amines) is 1. The summed E-state index contributed by atoms with van der Waals surface area (Å²) >= 11 is 3.54. The van der Waals surface area contributed by atoms with Gasteiger partial charge in [-0.2, -0.15) is 4.98 Å². The predicted molar refractivity (Wildman–Crippen MR) is 148 cm³/mol. The average Bonchev–Trinajstić information content (AvgIpc) is 2.90. The molecule has 0 amide bonds. The van der Waals surface area contributed by atoms with Crippen molar-refractivity contribution in [1.82, 2.24) is 20.2 Å². The van der Waals surface area contributed by atoms with Crippen LogP contribution >= 0.6 is 15.9 Å². The fraction of sp³-hybridized carbons (Fsp3) is 0.296. The first-order valence-electron chi connectivity index (χ1n) is 11.9. The number of carbonyl (C=O) groups is 1. The number of aromatic nitrogens is 2. The third-order valence-corrected chi connectivity index (χ3v) is 6.58. The van der Waals surface area contributed by atoms with Gasteiger partial charge >= 0.3 is 0 Å². The lowest BCUT2D eigenvalue weighted by Gasteiger charge is -2.29. The number of carbonyl (C=O) groups excluding carboxylic acids is 1. The van der Waals surface area contributed by atoms with Gasteiger partial charge in [0, 0.05) is 25.0 Å². The van der Waals surface area contributed by atoms with E-state index in [-0.39, 0.29) is 6.04 Å². The van der Waals surface area contributed by atoms with E-state index in [4.69, 9.17) is 4.74 Å². The molecule has 3 aromatic rings. The Morgan fingerprint density at radius 3 is 2.50 bits per heavy atom. The van der Waals surface area contributed by atoms with Crippen LogP contribution in [0.4, 0.5) is 17.5 Å². The second-order valence-electron chi connectivity index (χ2n) is 8.70. The molecule has 1 saturated heterocycles. The summed E-state index contributed by atoms with van der Waals surface area (Å²) in [4.78, 5) is 23.8. The van der Waals surface area contributed by atoms with E-state index in [0.29, 0.717) is 34.1 Å². The van der Waals surface area contributed by atoms with Gasteiger partial charge in [-0.05, 0) is 78.7 Å². The average molecular weight is 551 g/mol. The molecule has 0 saturated carbocycles. The van der Waals surface area contributed by atoms with Crippen LogP contribution in [0.1, 0.15) is 34.5 Å². The molecule has 1 aliphatic heterocycles. The Morgan fingerprint density at radius 2 is 1.83 bits per heavy atom. The summed E-state index contributed by atoms with van der Waals surface area (Å²) < 4.78 is 6.55. The molecule has 3 N–H and O–H groups in total. The van der Waals surface area contributed by atoms with Crippen molar-refractivity contribution in [2.24, 2.45) is 0 Å². The van der Waals surface area contributed by atoms with Gasteiger partial charge in [0.25, 0.3) is 0 Å². The van der Waals surface area contributed by atoms with E-state index in [9.17, 15) is 4.79 Å². The second kappa shape index (κ2) is 12.5. The van der Waals surface area contributed by atoms with Crippen LogP contribution in [0.25, 0.3) is 4.48 Å². The molecule has 2 heterocycles. The first-order valence-corrected chi connectivity index (χ1v) is 12.7. The van der Waals surface area contributed by atoms with E-state index >= 15 is 0 Å². The van der Waals surface area contributed by atoms with Gasteiger partial charge in [-0.25, -0.2) is 4.98 Å². The number of benzene rings is 2. The monoisotopic (exact) mass is 550 g/mol. The zero-order valence-electron chi connectivity index (χ0n) is 20.5. The number of hydrogen-bond acceptors (Lipinski definition) is 8. The summed E-state index contributed by atoms with van der Waals surface area (Å²) in [5.74, 6) is 1.68. The number of ether oxygens (including phenoxy) is 1. The van der Waals surface area contributed by atoms with Crippen LogP contribution in [0.5, 0.6) is 5.75 Å². The maximum absolute atomic E-state index is 12.1. The number of hydrogen-bond donors (Lipinski definition) is 3. The van der Waals surface area contributed by atoms with Gasteiger partial charge in [-0.3, -0.25) is 4.79 Å². The van der Waals surface area contributed by atoms with Crippen LogP contribution in [-0.2, 0) is 6.61 Å². The molecule has 8 nitrogen and oxygen atoms in total. The quantitative estimate of drug-likeness (QED) is 0.303. The lowest BCUT2D eigenvalue weighted by molar-refractivity contribution is 0.112. The molecule has 9 heteroatoms. The lowest BCUT2D eigenvalue weighted by atomic mass is 10.1.